The van der Waals surface area contributed by atoms with Gasteiger partial charge in [0.25, 0.3) is 18.1 Å². The van der Waals surface area contributed by atoms with Crippen LogP contribution in [-0.2, 0) is 0 Å². The molecule has 6 nitrogen and oxygen atoms in total. The van der Waals surface area contributed by atoms with E-state index >= 15 is 0 Å². The second kappa shape index (κ2) is 7.78. The molecule has 162 valence electrons. The lowest BCUT2D eigenvalue weighted by molar-refractivity contribution is 0.0198. The number of carbonyl (C=O) groups is 1. The summed E-state index contributed by atoms with van der Waals surface area (Å²) < 4.78 is 42.0. The quantitative estimate of drug-likeness (QED) is 0.576. The molecule has 1 aromatic carbocycles. The number of halogens is 4. The molecule has 0 saturated carbocycles. The summed E-state index contributed by atoms with van der Waals surface area (Å²) in [6.45, 7) is 0. The number of hydrogen-bond acceptors (Lipinski definition) is 4. The second-order valence-electron chi connectivity index (χ2n) is 8.06. The Morgan fingerprint density at radius 2 is 2.00 bits per heavy atom. The van der Waals surface area contributed by atoms with Crippen LogP contribution >= 0.6 is 11.6 Å². The van der Waals surface area contributed by atoms with Gasteiger partial charge in [-0.05, 0) is 56.4 Å². The maximum absolute atomic E-state index is 13.6. The van der Waals surface area contributed by atoms with Gasteiger partial charge in [-0.25, -0.2) is 22.7 Å². The molecule has 2 fully saturated rings. The molecule has 2 saturated heterocycles. The second-order valence-corrected chi connectivity index (χ2v) is 8.46. The van der Waals surface area contributed by atoms with Gasteiger partial charge in [0.15, 0.2) is 0 Å². The van der Waals surface area contributed by atoms with E-state index in [0.29, 0.717) is 11.3 Å². The van der Waals surface area contributed by atoms with Crippen molar-refractivity contribution in [1.29, 1.82) is 0 Å². The third-order valence-electron chi connectivity index (χ3n) is 6.37. The van der Waals surface area contributed by atoms with Crippen LogP contribution in [0.4, 0.5) is 13.2 Å². The van der Waals surface area contributed by atoms with Gasteiger partial charge in [-0.2, -0.15) is 10.1 Å². The highest BCUT2D eigenvalue weighted by Gasteiger charge is 2.44. The normalized spacial score (nSPS) is 23.5. The molecule has 10 heteroatoms. The van der Waals surface area contributed by atoms with Gasteiger partial charge in [0.05, 0.1) is 10.7 Å². The van der Waals surface area contributed by atoms with Crippen LogP contribution in [0.1, 0.15) is 66.2 Å². The zero-order chi connectivity index (χ0) is 21.7. The average Bonchev–Trinajstić information content (AvgIpc) is 3.23. The molecule has 4 heterocycles. The number of carbonyl (C=O) groups excluding carboxylic acids is 1. The zero-order valence-electron chi connectivity index (χ0n) is 16.4. The molecule has 2 aromatic heterocycles. The monoisotopic (exact) mass is 449 g/mol. The minimum atomic E-state index is -2.73. The number of fused-ring (bicyclic) bond motifs is 3. The number of rotatable bonds is 3. The largest absolute Gasteiger partial charge is 0.332 e. The number of nitrogens with zero attached hydrogens (tertiary/aromatic N) is 5. The van der Waals surface area contributed by atoms with Crippen molar-refractivity contribution >= 4 is 23.3 Å². The maximum Gasteiger partial charge on any atom is 0.280 e. The SMILES string of the molecule is O=C(c1ccc(F)c(Cl)c1)N1C2CCC[C@@H]1CC[C@@H]2c1cc(C(F)F)nc2ncnn12. The summed E-state index contributed by atoms with van der Waals surface area (Å²) in [5.41, 5.74) is 0.549. The third-order valence-corrected chi connectivity index (χ3v) is 6.66. The van der Waals surface area contributed by atoms with E-state index in [1.165, 1.54) is 35.1 Å². The van der Waals surface area contributed by atoms with Crippen LogP contribution in [0.3, 0.4) is 0 Å². The summed E-state index contributed by atoms with van der Waals surface area (Å²) >= 11 is 5.90. The molecule has 0 N–H and O–H groups in total. The molecule has 31 heavy (non-hydrogen) atoms. The smallest absolute Gasteiger partial charge is 0.280 e. The lowest BCUT2D eigenvalue weighted by Crippen LogP contribution is -2.55. The van der Waals surface area contributed by atoms with Gasteiger partial charge < -0.3 is 4.90 Å². The average molecular weight is 450 g/mol. The highest BCUT2D eigenvalue weighted by molar-refractivity contribution is 6.31. The Morgan fingerprint density at radius 3 is 2.77 bits per heavy atom. The van der Waals surface area contributed by atoms with Crippen LogP contribution in [0.15, 0.2) is 30.6 Å². The molecule has 3 atom stereocenters. The number of alkyl halides is 2. The Morgan fingerprint density at radius 1 is 1.16 bits per heavy atom. The van der Waals surface area contributed by atoms with Gasteiger partial charge >= 0.3 is 0 Å². The van der Waals surface area contributed by atoms with E-state index in [1.54, 1.807) is 0 Å². The van der Waals surface area contributed by atoms with Crippen molar-refractivity contribution in [3.8, 4) is 0 Å². The van der Waals surface area contributed by atoms with Crippen molar-refractivity contribution in [3.05, 3.63) is 58.4 Å². The Hall–Kier alpha value is -2.68. The highest BCUT2D eigenvalue weighted by Crippen LogP contribution is 2.43. The van der Waals surface area contributed by atoms with Gasteiger partial charge in [-0.15, -0.1) is 0 Å². The number of piperidine rings is 2. The molecular formula is C21H19ClF3N5O. The van der Waals surface area contributed by atoms with Crippen LogP contribution < -0.4 is 0 Å². The Balaban J connectivity index is 1.56. The molecule has 5 rings (SSSR count). The number of hydrogen-bond donors (Lipinski definition) is 0. The fraction of sp³-hybridized carbons (Fsp3) is 0.429. The van der Waals surface area contributed by atoms with E-state index in [1.807, 2.05) is 4.90 Å². The standard InChI is InChI=1S/C21H19ClF3N5O/c22-14-8-11(4-7-15(14)23)20(31)29-12-2-1-3-17(29)13(6-5-12)18-9-16(19(24)25)28-21-26-10-27-30(18)21/h4,7-10,12-13,17,19H,1-3,5-6H2/t12-,13+,17?/m1/s1. The summed E-state index contributed by atoms with van der Waals surface area (Å²) in [5, 5.41) is 4.08. The van der Waals surface area contributed by atoms with Crippen molar-refractivity contribution in [1.82, 2.24) is 24.5 Å². The molecule has 0 spiro atoms. The first-order valence-corrected chi connectivity index (χ1v) is 10.6. The molecule has 1 unspecified atom stereocenters. The summed E-state index contributed by atoms with van der Waals surface area (Å²) in [7, 11) is 0. The minimum Gasteiger partial charge on any atom is -0.332 e. The Bertz CT molecular complexity index is 1150. The summed E-state index contributed by atoms with van der Waals surface area (Å²) in [6, 6.07) is 5.19. The van der Waals surface area contributed by atoms with E-state index in [0.717, 1.165) is 32.1 Å². The van der Waals surface area contributed by atoms with Crippen molar-refractivity contribution < 1.29 is 18.0 Å². The molecule has 1 amide bonds. The van der Waals surface area contributed by atoms with Gasteiger partial charge in [-0.1, -0.05) is 11.6 Å². The van der Waals surface area contributed by atoms with E-state index in [-0.39, 0.29) is 40.4 Å². The molecular weight excluding hydrogens is 431 g/mol. The Kier molecular flexibility index (Phi) is 5.08. The zero-order valence-corrected chi connectivity index (χ0v) is 17.1. The van der Waals surface area contributed by atoms with E-state index in [4.69, 9.17) is 11.6 Å². The van der Waals surface area contributed by atoms with Crippen LogP contribution in [0.25, 0.3) is 5.78 Å². The summed E-state index contributed by atoms with van der Waals surface area (Å²) in [5.74, 6) is -0.880. The molecule has 2 aliphatic heterocycles. The topological polar surface area (TPSA) is 63.4 Å². The lowest BCUT2D eigenvalue weighted by Gasteiger charge is -2.50. The number of amides is 1. The molecule has 0 aliphatic carbocycles. The molecule has 0 radical (unpaired) electrons. The Labute approximate surface area is 181 Å². The van der Waals surface area contributed by atoms with Crippen molar-refractivity contribution in [2.45, 2.75) is 56.5 Å². The third kappa shape index (κ3) is 3.44. The van der Waals surface area contributed by atoms with E-state index < -0.39 is 12.2 Å². The van der Waals surface area contributed by atoms with Crippen molar-refractivity contribution in [3.63, 3.8) is 0 Å². The van der Waals surface area contributed by atoms with Crippen LogP contribution in [0, 0.1) is 5.82 Å². The van der Waals surface area contributed by atoms with E-state index in [9.17, 15) is 18.0 Å². The van der Waals surface area contributed by atoms with Gasteiger partial charge in [0, 0.05) is 23.6 Å². The minimum absolute atomic E-state index is 0.0500. The van der Waals surface area contributed by atoms with E-state index in [2.05, 4.69) is 15.1 Å². The number of aromatic nitrogens is 4. The van der Waals surface area contributed by atoms with Crippen LogP contribution in [-0.4, -0.2) is 42.5 Å². The van der Waals surface area contributed by atoms with Crippen LogP contribution in [0.5, 0.6) is 0 Å². The maximum atomic E-state index is 13.6. The fourth-order valence-electron chi connectivity index (χ4n) is 5.02. The summed E-state index contributed by atoms with van der Waals surface area (Å²) in [4.78, 5) is 23.2. The summed E-state index contributed by atoms with van der Waals surface area (Å²) in [6.07, 6.45) is 2.59. The highest BCUT2D eigenvalue weighted by atomic mass is 35.5. The first-order valence-electron chi connectivity index (χ1n) is 10.2. The lowest BCUT2D eigenvalue weighted by atomic mass is 9.75. The molecule has 2 aliphatic rings. The molecule has 3 aromatic rings. The first-order chi connectivity index (χ1) is 14.9. The van der Waals surface area contributed by atoms with Gasteiger partial charge in [0.2, 0.25) is 0 Å². The predicted molar refractivity (Wildman–Crippen MR) is 107 cm³/mol. The van der Waals surface area contributed by atoms with Gasteiger partial charge in [-0.3, -0.25) is 4.79 Å². The van der Waals surface area contributed by atoms with Gasteiger partial charge in [0.1, 0.15) is 17.8 Å². The fourth-order valence-corrected chi connectivity index (χ4v) is 5.20. The first kappa shape index (κ1) is 20.2. The number of benzene rings is 1. The molecule has 2 bridgehead atoms. The predicted octanol–water partition coefficient (Wildman–Crippen LogP) is 4.80. The van der Waals surface area contributed by atoms with Crippen molar-refractivity contribution in [2.75, 3.05) is 0 Å². The van der Waals surface area contributed by atoms with Crippen molar-refractivity contribution in [2.24, 2.45) is 0 Å². The van der Waals surface area contributed by atoms with Crippen LogP contribution in [0.2, 0.25) is 5.02 Å².